The third-order valence-electron chi connectivity index (χ3n) is 4.48. The molecule has 0 atom stereocenters. The van der Waals surface area contributed by atoms with Crippen LogP contribution in [0.2, 0.25) is 0 Å². The van der Waals surface area contributed by atoms with Crippen molar-refractivity contribution in [3.8, 4) is 0 Å². The van der Waals surface area contributed by atoms with Gasteiger partial charge in [-0.15, -0.1) is 0 Å². The maximum atomic E-state index is 11.8. The van der Waals surface area contributed by atoms with Gasteiger partial charge in [-0.2, -0.15) is 0 Å². The summed E-state index contributed by atoms with van der Waals surface area (Å²) in [6.07, 6.45) is 3.54. The number of hydrogen-bond donors (Lipinski definition) is 1. The summed E-state index contributed by atoms with van der Waals surface area (Å²) >= 11 is 0. The second-order valence-corrected chi connectivity index (χ2v) is 7.34. The Morgan fingerprint density at radius 2 is 1.57 bits per heavy atom. The molecule has 21 heavy (non-hydrogen) atoms. The van der Waals surface area contributed by atoms with Gasteiger partial charge in [0.1, 0.15) is 0 Å². The molecule has 0 spiro atoms. The van der Waals surface area contributed by atoms with Crippen molar-refractivity contribution < 1.29 is 14.6 Å². The molecule has 1 rings (SSSR count). The van der Waals surface area contributed by atoms with Crippen molar-refractivity contribution in [2.24, 2.45) is 17.3 Å². The van der Waals surface area contributed by atoms with E-state index in [0.29, 0.717) is 44.4 Å². The molecule has 0 aromatic rings. The van der Waals surface area contributed by atoms with E-state index in [-0.39, 0.29) is 0 Å². The Labute approximate surface area is 129 Å². The number of carboxylic acid groups (broad SMARTS) is 1. The Morgan fingerprint density at radius 1 is 1.10 bits per heavy atom. The molecule has 0 unspecified atom stereocenters. The predicted molar refractivity (Wildman–Crippen MR) is 85.5 cm³/mol. The highest BCUT2D eigenvalue weighted by molar-refractivity contribution is 5.75. The minimum Gasteiger partial charge on any atom is -0.481 e. The lowest BCUT2D eigenvalue weighted by Crippen LogP contribution is -2.47. The Kier molecular flexibility index (Phi) is 7.67. The molecule has 0 aromatic heterocycles. The SMILES string of the molecule is CC(C)CCN(CCC(C)C)CC1(C(=O)O)CCOCC1. The van der Waals surface area contributed by atoms with Gasteiger partial charge in [0.2, 0.25) is 0 Å². The van der Waals surface area contributed by atoms with Crippen molar-refractivity contribution in [1.82, 2.24) is 4.90 Å². The first kappa shape index (κ1) is 18.4. The second kappa shape index (κ2) is 8.74. The average molecular weight is 299 g/mol. The minimum atomic E-state index is -0.648. The first-order valence-corrected chi connectivity index (χ1v) is 8.39. The van der Waals surface area contributed by atoms with Gasteiger partial charge in [-0.3, -0.25) is 4.79 Å². The fourth-order valence-corrected chi connectivity index (χ4v) is 2.78. The number of nitrogens with zero attached hydrogens (tertiary/aromatic N) is 1. The van der Waals surface area contributed by atoms with E-state index in [1.807, 2.05) is 0 Å². The summed E-state index contributed by atoms with van der Waals surface area (Å²) < 4.78 is 5.37. The zero-order valence-corrected chi connectivity index (χ0v) is 14.2. The zero-order chi connectivity index (χ0) is 15.9. The van der Waals surface area contributed by atoms with Crippen molar-refractivity contribution in [3.63, 3.8) is 0 Å². The molecule has 1 aliphatic heterocycles. The Morgan fingerprint density at radius 3 is 1.95 bits per heavy atom. The Bertz CT molecular complexity index is 297. The van der Waals surface area contributed by atoms with Crippen LogP contribution >= 0.6 is 0 Å². The van der Waals surface area contributed by atoms with E-state index in [1.165, 1.54) is 0 Å². The van der Waals surface area contributed by atoms with Crippen molar-refractivity contribution in [3.05, 3.63) is 0 Å². The van der Waals surface area contributed by atoms with Crippen LogP contribution in [0, 0.1) is 17.3 Å². The molecule has 0 radical (unpaired) electrons. The molecule has 0 saturated carbocycles. The third kappa shape index (κ3) is 6.35. The van der Waals surface area contributed by atoms with Crippen LogP contribution < -0.4 is 0 Å². The van der Waals surface area contributed by atoms with Crippen LogP contribution in [0.25, 0.3) is 0 Å². The van der Waals surface area contributed by atoms with Crippen LogP contribution in [0.3, 0.4) is 0 Å². The summed E-state index contributed by atoms with van der Waals surface area (Å²) in [5.74, 6) is 0.661. The summed E-state index contributed by atoms with van der Waals surface area (Å²) in [5.41, 5.74) is -0.605. The number of ether oxygens (including phenoxy) is 1. The summed E-state index contributed by atoms with van der Waals surface area (Å²) in [4.78, 5) is 14.2. The predicted octanol–water partition coefficient (Wildman–Crippen LogP) is 3.26. The molecule has 1 heterocycles. The van der Waals surface area contributed by atoms with Crippen molar-refractivity contribution in [1.29, 1.82) is 0 Å². The largest absolute Gasteiger partial charge is 0.481 e. The van der Waals surface area contributed by atoms with E-state index in [4.69, 9.17) is 4.74 Å². The molecule has 1 N–H and O–H groups in total. The molecule has 0 bridgehead atoms. The van der Waals surface area contributed by atoms with Gasteiger partial charge in [-0.05, 0) is 50.6 Å². The van der Waals surface area contributed by atoms with Gasteiger partial charge < -0.3 is 14.7 Å². The Balaban J connectivity index is 2.68. The molecule has 1 aliphatic rings. The zero-order valence-electron chi connectivity index (χ0n) is 14.2. The van der Waals surface area contributed by atoms with Crippen LogP contribution in [-0.4, -0.2) is 48.8 Å². The van der Waals surface area contributed by atoms with Crippen LogP contribution in [-0.2, 0) is 9.53 Å². The van der Waals surface area contributed by atoms with Gasteiger partial charge in [0.05, 0.1) is 5.41 Å². The lowest BCUT2D eigenvalue weighted by Gasteiger charge is -2.38. The fraction of sp³-hybridized carbons (Fsp3) is 0.941. The van der Waals surface area contributed by atoms with E-state index in [1.54, 1.807) is 0 Å². The first-order valence-electron chi connectivity index (χ1n) is 8.39. The van der Waals surface area contributed by atoms with Crippen LogP contribution in [0.4, 0.5) is 0 Å². The number of hydrogen-bond acceptors (Lipinski definition) is 3. The van der Waals surface area contributed by atoms with Crippen LogP contribution in [0.1, 0.15) is 53.4 Å². The van der Waals surface area contributed by atoms with E-state index in [9.17, 15) is 9.90 Å². The maximum Gasteiger partial charge on any atom is 0.311 e. The molecule has 4 nitrogen and oxygen atoms in total. The number of rotatable bonds is 9. The third-order valence-corrected chi connectivity index (χ3v) is 4.48. The molecule has 4 heteroatoms. The molecule has 0 aliphatic carbocycles. The smallest absolute Gasteiger partial charge is 0.311 e. The molecule has 124 valence electrons. The minimum absolute atomic E-state index is 0.578. The molecular weight excluding hydrogens is 266 g/mol. The number of aliphatic carboxylic acids is 1. The first-order chi connectivity index (χ1) is 9.85. The molecular formula is C17H33NO3. The summed E-state index contributed by atoms with van der Waals surface area (Å²) in [5, 5.41) is 9.71. The van der Waals surface area contributed by atoms with Gasteiger partial charge in [0.25, 0.3) is 0 Å². The maximum absolute atomic E-state index is 11.8. The lowest BCUT2D eigenvalue weighted by molar-refractivity contribution is -0.156. The van der Waals surface area contributed by atoms with Gasteiger partial charge in [-0.25, -0.2) is 0 Å². The van der Waals surface area contributed by atoms with Gasteiger partial charge in [0.15, 0.2) is 0 Å². The molecule has 0 amide bonds. The van der Waals surface area contributed by atoms with Crippen LogP contribution in [0.15, 0.2) is 0 Å². The average Bonchev–Trinajstić information content (AvgIpc) is 2.42. The monoisotopic (exact) mass is 299 g/mol. The second-order valence-electron chi connectivity index (χ2n) is 7.34. The van der Waals surface area contributed by atoms with E-state index in [2.05, 4.69) is 32.6 Å². The highest BCUT2D eigenvalue weighted by Crippen LogP contribution is 2.32. The molecule has 0 aromatic carbocycles. The number of carboxylic acids is 1. The van der Waals surface area contributed by atoms with Crippen molar-refractivity contribution >= 4 is 5.97 Å². The van der Waals surface area contributed by atoms with Gasteiger partial charge in [0, 0.05) is 19.8 Å². The summed E-state index contributed by atoms with van der Waals surface area (Å²) in [6.45, 7) is 12.7. The summed E-state index contributed by atoms with van der Waals surface area (Å²) in [6, 6.07) is 0. The van der Waals surface area contributed by atoms with Crippen LogP contribution in [0.5, 0.6) is 0 Å². The number of carbonyl (C=O) groups is 1. The Hall–Kier alpha value is -0.610. The topological polar surface area (TPSA) is 49.8 Å². The highest BCUT2D eigenvalue weighted by Gasteiger charge is 2.41. The van der Waals surface area contributed by atoms with Gasteiger partial charge in [-0.1, -0.05) is 27.7 Å². The van der Waals surface area contributed by atoms with E-state index in [0.717, 1.165) is 25.9 Å². The standard InChI is InChI=1S/C17H33NO3/c1-14(2)5-9-18(10-6-15(3)4)13-17(16(19)20)7-11-21-12-8-17/h14-15H,5-13H2,1-4H3,(H,19,20). The van der Waals surface area contributed by atoms with E-state index >= 15 is 0 Å². The van der Waals surface area contributed by atoms with Gasteiger partial charge >= 0.3 is 5.97 Å². The van der Waals surface area contributed by atoms with E-state index < -0.39 is 11.4 Å². The molecule has 1 fully saturated rings. The van der Waals surface area contributed by atoms with Crippen molar-refractivity contribution in [2.75, 3.05) is 32.8 Å². The normalized spacial score (nSPS) is 18.6. The quantitative estimate of drug-likeness (QED) is 0.710. The fourth-order valence-electron chi connectivity index (χ4n) is 2.78. The summed E-state index contributed by atoms with van der Waals surface area (Å²) in [7, 11) is 0. The lowest BCUT2D eigenvalue weighted by atomic mass is 9.79. The van der Waals surface area contributed by atoms with Crippen molar-refractivity contribution in [2.45, 2.75) is 53.4 Å². The highest BCUT2D eigenvalue weighted by atomic mass is 16.5. The molecule has 1 saturated heterocycles.